The van der Waals surface area contributed by atoms with Crippen molar-refractivity contribution < 1.29 is 19.5 Å². The van der Waals surface area contributed by atoms with Crippen LogP contribution < -0.4 is 20.3 Å². The van der Waals surface area contributed by atoms with E-state index in [-0.39, 0.29) is 5.91 Å². The molecule has 4 aromatic rings. The van der Waals surface area contributed by atoms with Crippen LogP contribution in [0.1, 0.15) is 20.7 Å². The third-order valence-electron chi connectivity index (χ3n) is 5.23. The number of carbonyl (C=O) groups excluding carboxylic acids is 2. The molecule has 0 spiro atoms. The third kappa shape index (κ3) is 7.25. The number of rotatable bonds is 10. The second-order valence-corrected chi connectivity index (χ2v) is 9.59. The number of hydrogen-bond donors (Lipinski definition) is 4. The highest BCUT2D eigenvalue weighted by Crippen LogP contribution is 2.30. The van der Waals surface area contributed by atoms with Gasteiger partial charge in [-0.2, -0.15) is 0 Å². The lowest BCUT2D eigenvalue weighted by molar-refractivity contribution is 0.0706. The molecule has 0 atom stereocenters. The Bertz CT molecular complexity index is 1420. The van der Waals surface area contributed by atoms with Crippen LogP contribution in [0.15, 0.2) is 90.0 Å². The average Bonchev–Trinajstić information content (AvgIpc) is 2.94. The Morgan fingerprint density at radius 2 is 1.74 bits per heavy atom. The van der Waals surface area contributed by atoms with Crippen molar-refractivity contribution in [2.75, 3.05) is 18.5 Å². The van der Waals surface area contributed by atoms with Gasteiger partial charge in [-0.05, 0) is 84.7 Å². The molecule has 0 bridgehead atoms. The van der Waals surface area contributed by atoms with Gasteiger partial charge in [0, 0.05) is 34.5 Å². The number of halogens is 2. The normalized spacial score (nSPS) is 10.6. The maximum absolute atomic E-state index is 12.9. The van der Waals surface area contributed by atoms with Gasteiger partial charge in [-0.15, -0.1) is 0 Å². The van der Waals surface area contributed by atoms with E-state index in [1.165, 1.54) is 11.9 Å². The number of aromatic nitrogens is 1. The molecule has 4 N–H and O–H groups in total. The number of nitrogens with one attached hydrogen (secondary N) is 3. The number of pyridine rings is 1. The summed E-state index contributed by atoms with van der Waals surface area (Å²) in [6.07, 6.45) is 1.68. The maximum Gasteiger partial charge on any atom is 0.274 e. The summed E-state index contributed by atoms with van der Waals surface area (Å²) in [5, 5.41) is 12.4. The van der Waals surface area contributed by atoms with Crippen LogP contribution in [-0.4, -0.2) is 35.2 Å². The van der Waals surface area contributed by atoms with Crippen molar-refractivity contribution in [1.82, 2.24) is 15.2 Å². The highest BCUT2D eigenvalue weighted by atomic mass is 35.5. The lowest BCUT2D eigenvalue weighted by Gasteiger charge is -2.11. The van der Waals surface area contributed by atoms with Crippen LogP contribution >= 0.6 is 35.1 Å². The van der Waals surface area contributed by atoms with Crippen LogP contribution in [-0.2, 0) is 0 Å². The summed E-state index contributed by atoms with van der Waals surface area (Å²) in [5.41, 5.74) is 4.23. The van der Waals surface area contributed by atoms with E-state index in [4.69, 9.17) is 33.1 Å². The summed E-state index contributed by atoms with van der Waals surface area (Å²) < 4.78 is 8.80. The van der Waals surface area contributed by atoms with E-state index >= 15 is 0 Å². The predicted octanol–water partition coefficient (Wildman–Crippen LogP) is 6.10. The van der Waals surface area contributed by atoms with Gasteiger partial charge in [0.1, 0.15) is 12.4 Å². The lowest BCUT2D eigenvalue weighted by Crippen LogP contribution is -2.18. The van der Waals surface area contributed by atoms with E-state index in [0.717, 1.165) is 4.90 Å². The van der Waals surface area contributed by atoms with Crippen molar-refractivity contribution >= 4 is 52.7 Å². The molecule has 0 saturated heterocycles. The molecule has 1 heterocycles. The van der Waals surface area contributed by atoms with Gasteiger partial charge >= 0.3 is 0 Å². The van der Waals surface area contributed by atoms with E-state index in [2.05, 4.69) is 15.0 Å². The zero-order chi connectivity index (χ0) is 26.9. The van der Waals surface area contributed by atoms with Crippen molar-refractivity contribution in [2.24, 2.45) is 0 Å². The predicted molar refractivity (Wildman–Crippen MR) is 149 cm³/mol. The molecule has 0 aliphatic rings. The number of hydroxylamine groups is 1. The number of nitrogens with zero attached hydrogens (tertiary/aromatic N) is 1. The summed E-state index contributed by atoms with van der Waals surface area (Å²) in [5.74, 6) is -0.335. The zero-order valence-electron chi connectivity index (χ0n) is 19.8. The molecule has 2 amide bonds. The molecule has 1 aromatic heterocycles. The summed E-state index contributed by atoms with van der Waals surface area (Å²) in [7, 11) is 0. The molecule has 38 heavy (non-hydrogen) atoms. The molecule has 4 rings (SSSR count). The molecular weight excluding hydrogens is 547 g/mol. The first kappa shape index (κ1) is 27.4. The summed E-state index contributed by atoms with van der Waals surface area (Å²) >= 11 is 14.1. The Labute approximate surface area is 233 Å². The highest BCUT2D eigenvalue weighted by molar-refractivity contribution is 7.97. The minimum atomic E-state index is -0.587. The molecule has 11 heteroatoms. The number of ether oxygens (including phenoxy) is 1. The number of hydrogen-bond acceptors (Lipinski definition) is 7. The Balaban J connectivity index is 1.28. The van der Waals surface area contributed by atoms with Crippen LogP contribution in [0.2, 0.25) is 10.0 Å². The van der Waals surface area contributed by atoms with Crippen molar-refractivity contribution in [3.05, 3.63) is 106 Å². The van der Waals surface area contributed by atoms with Gasteiger partial charge in [0.05, 0.1) is 21.3 Å². The van der Waals surface area contributed by atoms with E-state index < -0.39 is 5.91 Å². The minimum Gasteiger partial charge on any atom is -0.492 e. The monoisotopic (exact) mass is 568 g/mol. The largest absolute Gasteiger partial charge is 0.492 e. The van der Waals surface area contributed by atoms with Crippen molar-refractivity contribution in [1.29, 1.82) is 0 Å². The molecule has 0 saturated carbocycles. The van der Waals surface area contributed by atoms with Gasteiger partial charge in [-0.3, -0.25) is 24.5 Å². The highest BCUT2D eigenvalue weighted by Gasteiger charge is 2.13. The van der Waals surface area contributed by atoms with Crippen LogP contribution in [0.25, 0.3) is 11.3 Å². The third-order valence-corrected chi connectivity index (χ3v) is 6.71. The quantitative estimate of drug-likeness (QED) is 0.0790. The summed E-state index contributed by atoms with van der Waals surface area (Å²) in [6, 6.07) is 22.3. The summed E-state index contributed by atoms with van der Waals surface area (Å²) in [4.78, 5) is 29.4. The maximum atomic E-state index is 12.9. The Morgan fingerprint density at radius 3 is 2.45 bits per heavy atom. The molecule has 0 unspecified atom stereocenters. The lowest BCUT2D eigenvalue weighted by atomic mass is 10.1. The molecule has 8 nitrogen and oxygen atoms in total. The first-order valence-corrected chi connectivity index (χ1v) is 12.9. The van der Waals surface area contributed by atoms with Gasteiger partial charge in [0.2, 0.25) is 0 Å². The smallest absolute Gasteiger partial charge is 0.274 e. The number of benzene rings is 3. The van der Waals surface area contributed by atoms with Crippen LogP contribution in [0.4, 0.5) is 5.69 Å². The topological polar surface area (TPSA) is 113 Å². The fraction of sp³-hybridized carbons (Fsp3) is 0.0741. The van der Waals surface area contributed by atoms with Crippen LogP contribution in [0.3, 0.4) is 0 Å². The minimum absolute atomic E-state index is 0.316. The Morgan fingerprint density at radius 1 is 0.921 bits per heavy atom. The molecule has 0 aliphatic carbocycles. The first-order valence-electron chi connectivity index (χ1n) is 11.3. The first-order chi connectivity index (χ1) is 18.4. The van der Waals surface area contributed by atoms with Crippen molar-refractivity contribution in [3.8, 4) is 17.0 Å². The number of amides is 2. The molecule has 194 valence electrons. The molecule has 0 radical (unpaired) electrons. The second-order valence-electron chi connectivity index (χ2n) is 7.82. The second kappa shape index (κ2) is 13.3. The number of anilines is 1. The van der Waals surface area contributed by atoms with E-state index in [0.29, 0.717) is 57.0 Å². The van der Waals surface area contributed by atoms with Crippen LogP contribution in [0.5, 0.6) is 5.75 Å². The van der Waals surface area contributed by atoms with E-state index in [1.807, 2.05) is 18.2 Å². The standard InChI is InChI=1S/C27H22Cl2N4O4S/c28-23-11-6-18(15-22(23)25-3-1-2-12-30-25)32-27(35)21-10-9-20(16-24(21)29)38-31-13-14-37-19-7-4-17(5-8-19)26(34)33-36/h1-12,15-16,31,36H,13-14H2,(H,32,35)(H,33,34). The zero-order valence-corrected chi connectivity index (χ0v) is 22.1. The van der Waals surface area contributed by atoms with E-state index in [1.54, 1.807) is 72.3 Å². The SMILES string of the molecule is O=C(NO)c1ccc(OCCNSc2ccc(C(=O)Nc3ccc(Cl)c(-c4ccccn4)c3)c(Cl)c2)cc1. The molecule has 3 aromatic carbocycles. The van der Waals surface area contributed by atoms with Gasteiger partial charge < -0.3 is 10.1 Å². The molecular formula is C27H22Cl2N4O4S. The van der Waals surface area contributed by atoms with Gasteiger partial charge in [0.15, 0.2) is 0 Å². The van der Waals surface area contributed by atoms with E-state index in [9.17, 15) is 9.59 Å². The fourth-order valence-electron chi connectivity index (χ4n) is 3.38. The van der Waals surface area contributed by atoms with Gasteiger partial charge in [0.25, 0.3) is 11.8 Å². The molecule has 0 fully saturated rings. The number of carbonyl (C=O) groups is 2. The fourth-order valence-corrected chi connectivity index (χ4v) is 4.59. The van der Waals surface area contributed by atoms with Crippen molar-refractivity contribution in [2.45, 2.75) is 4.90 Å². The Hall–Kier alpha value is -3.60. The van der Waals surface area contributed by atoms with Crippen molar-refractivity contribution in [3.63, 3.8) is 0 Å². The average molecular weight is 569 g/mol. The van der Waals surface area contributed by atoms with Crippen LogP contribution in [0, 0.1) is 0 Å². The Kier molecular flexibility index (Phi) is 9.58. The van der Waals surface area contributed by atoms with Gasteiger partial charge in [-0.1, -0.05) is 29.3 Å². The summed E-state index contributed by atoms with van der Waals surface area (Å²) in [6.45, 7) is 0.910. The van der Waals surface area contributed by atoms with Gasteiger partial charge in [-0.25, -0.2) is 5.48 Å². The molecule has 0 aliphatic heterocycles.